The van der Waals surface area contributed by atoms with Gasteiger partial charge in [-0.05, 0) is 43.7 Å². The molecule has 4 aromatic rings. The number of anilines is 1. The molecule has 0 amide bonds. The first kappa shape index (κ1) is 26.0. The van der Waals surface area contributed by atoms with Crippen molar-refractivity contribution in [2.75, 3.05) is 25.1 Å². The molecular weight excluding hydrogens is 524 g/mol. The minimum absolute atomic E-state index is 0.0145. The molecule has 4 rings (SSSR count). The summed E-state index contributed by atoms with van der Waals surface area (Å²) in [5.41, 5.74) is 0.0418. The van der Waals surface area contributed by atoms with Gasteiger partial charge in [0.25, 0.3) is 10.0 Å². The minimum Gasteiger partial charge on any atom is -0.495 e. The first-order valence-corrected chi connectivity index (χ1v) is 12.8. The van der Waals surface area contributed by atoms with Crippen molar-refractivity contribution in [1.82, 2.24) is 14.5 Å². The van der Waals surface area contributed by atoms with E-state index in [1.165, 1.54) is 32.4 Å². The summed E-state index contributed by atoms with van der Waals surface area (Å²) in [6.45, 7) is 3.34. The average molecular weight is 547 g/mol. The van der Waals surface area contributed by atoms with Gasteiger partial charge in [-0.2, -0.15) is 0 Å². The molecule has 0 radical (unpaired) electrons. The molecule has 0 aliphatic heterocycles. The van der Waals surface area contributed by atoms with Gasteiger partial charge in [0.1, 0.15) is 16.4 Å². The van der Waals surface area contributed by atoms with E-state index in [2.05, 4.69) is 9.97 Å². The van der Waals surface area contributed by atoms with E-state index in [9.17, 15) is 23.1 Å². The Labute approximate surface area is 216 Å². The number of aromatic amines is 1. The van der Waals surface area contributed by atoms with E-state index in [-0.39, 0.29) is 44.8 Å². The lowest BCUT2D eigenvalue weighted by molar-refractivity contribution is 0.0690. The highest BCUT2D eigenvalue weighted by Crippen LogP contribution is 2.38. The van der Waals surface area contributed by atoms with E-state index in [1.807, 2.05) is 0 Å². The zero-order valence-corrected chi connectivity index (χ0v) is 21.8. The molecule has 0 spiro atoms. The van der Waals surface area contributed by atoms with Crippen LogP contribution in [0.2, 0.25) is 5.02 Å². The van der Waals surface area contributed by atoms with Crippen molar-refractivity contribution in [3.8, 4) is 17.2 Å². The van der Waals surface area contributed by atoms with Gasteiger partial charge >= 0.3 is 11.7 Å². The maximum atomic E-state index is 13.9. The lowest BCUT2D eigenvalue weighted by Crippen LogP contribution is -2.31. The van der Waals surface area contributed by atoms with Gasteiger partial charge in [-0.15, -0.1) is 0 Å². The normalized spacial score (nSPS) is 11.5. The third-order valence-corrected chi connectivity index (χ3v) is 7.96. The number of nitrogens with zero attached hydrogens (tertiary/aromatic N) is 3. The summed E-state index contributed by atoms with van der Waals surface area (Å²) < 4.78 is 40.8. The average Bonchev–Trinajstić information content (AvgIpc) is 3.20. The first-order chi connectivity index (χ1) is 17.5. The number of aromatic carboxylic acids is 1. The molecule has 2 aromatic heterocycles. The van der Waals surface area contributed by atoms with Gasteiger partial charge in [-0.1, -0.05) is 23.7 Å². The van der Waals surface area contributed by atoms with Crippen LogP contribution >= 0.6 is 11.6 Å². The second-order valence-corrected chi connectivity index (χ2v) is 10.1. The highest BCUT2D eigenvalue weighted by molar-refractivity contribution is 7.93. The number of sulfonamides is 1. The summed E-state index contributed by atoms with van der Waals surface area (Å²) in [4.78, 5) is 31.0. The largest absolute Gasteiger partial charge is 0.495 e. The molecule has 0 fully saturated rings. The summed E-state index contributed by atoms with van der Waals surface area (Å²) >= 11 is 6.49. The molecule has 0 aliphatic rings. The molecule has 2 N–H and O–H groups in total. The third kappa shape index (κ3) is 4.38. The summed E-state index contributed by atoms with van der Waals surface area (Å²) in [5, 5.41) is 9.44. The second kappa shape index (κ2) is 9.79. The molecule has 2 heterocycles. The monoisotopic (exact) mass is 546 g/mol. The number of methoxy groups -OCH3 is 2. The number of carboxylic acids is 1. The number of benzene rings is 2. The van der Waals surface area contributed by atoms with Crippen molar-refractivity contribution in [2.24, 2.45) is 0 Å². The van der Waals surface area contributed by atoms with Gasteiger partial charge in [0.2, 0.25) is 0 Å². The third-order valence-electron chi connectivity index (χ3n) is 5.75. The van der Waals surface area contributed by atoms with Crippen molar-refractivity contribution >= 4 is 44.4 Å². The molecule has 0 bridgehead atoms. The summed E-state index contributed by atoms with van der Waals surface area (Å²) in [7, 11) is -1.54. The topological polar surface area (TPSA) is 144 Å². The lowest BCUT2D eigenvalue weighted by Gasteiger charge is -2.26. The fourth-order valence-corrected chi connectivity index (χ4v) is 5.93. The van der Waals surface area contributed by atoms with E-state index in [4.69, 9.17) is 21.1 Å². The van der Waals surface area contributed by atoms with Crippen molar-refractivity contribution in [2.45, 2.75) is 18.7 Å². The zero-order chi connectivity index (χ0) is 27.1. The highest BCUT2D eigenvalue weighted by Gasteiger charge is 2.31. The smallest absolute Gasteiger partial charge is 0.354 e. The molecule has 13 heteroatoms. The fourth-order valence-electron chi connectivity index (χ4n) is 4.05. The van der Waals surface area contributed by atoms with Crippen LogP contribution in [-0.4, -0.2) is 54.8 Å². The van der Waals surface area contributed by atoms with Crippen LogP contribution in [0.3, 0.4) is 0 Å². The molecule has 0 saturated carbocycles. The standard InChI is InChI=1S/C24H23ClN4O7S/c1-5-28(16-8-6-7-9-18(16)35-3)37(33,34)20-12-17(14(25)11-19(20)36-4)29-22-21(27-24(29)32)13(2)10-15(26-22)23(30)31/h6-12H,5H2,1-4H3,(H,27,32)(H,30,31). The second-order valence-electron chi connectivity index (χ2n) is 7.89. The minimum atomic E-state index is -4.28. The number of rotatable bonds is 8. The van der Waals surface area contributed by atoms with Crippen molar-refractivity contribution in [3.63, 3.8) is 0 Å². The SMILES string of the molecule is CCN(c1ccccc1OC)S(=O)(=O)c1cc(-n2c(=O)[nH]c3c(C)cc(C(=O)O)nc32)c(Cl)cc1OC. The first-order valence-electron chi connectivity index (χ1n) is 10.9. The number of pyridine rings is 1. The van der Waals surface area contributed by atoms with Crippen molar-refractivity contribution < 1.29 is 27.8 Å². The Hall–Kier alpha value is -4.03. The molecule has 194 valence electrons. The molecule has 0 unspecified atom stereocenters. The Morgan fingerprint density at radius 2 is 1.84 bits per heavy atom. The predicted octanol–water partition coefficient (Wildman–Crippen LogP) is 3.61. The number of aromatic nitrogens is 3. The number of aryl methyl sites for hydroxylation is 1. The quantitative estimate of drug-likeness (QED) is 0.341. The van der Waals surface area contributed by atoms with Crippen LogP contribution in [0.15, 0.2) is 52.2 Å². The molecule has 0 atom stereocenters. The van der Waals surface area contributed by atoms with Crippen LogP contribution in [0.25, 0.3) is 16.9 Å². The number of ether oxygens (including phenoxy) is 2. The maximum Gasteiger partial charge on any atom is 0.354 e. The molecule has 37 heavy (non-hydrogen) atoms. The number of hydrogen-bond donors (Lipinski definition) is 2. The van der Waals surface area contributed by atoms with E-state index in [0.29, 0.717) is 17.0 Å². The van der Waals surface area contributed by atoms with Crippen molar-refractivity contribution in [3.05, 3.63) is 69.2 Å². The van der Waals surface area contributed by atoms with Crippen LogP contribution < -0.4 is 19.5 Å². The van der Waals surface area contributed by atoms with Crippen LogP contribution in [0.1, 0.15) is 23.0 Å². The molecule has 2 aromatic carbocycles. The Morgan fingerprint density at radius 3 is 2.46 bits per heavy atom. The number of nitrogens with one attached hydrogen (secondary N) is 1. The van der Waals surface area contributed by atoms with E-state index < -0.39 is 21.7 Å². The van der Waals surface area contributed by atoms with Crippen LogP contribution in [0.4, 0.5) is 5.69 Å². The number of carbonyl (C=O) groups is 1. The van der Waals surface area contributed by atoms with Gasteiger partial charge in [-0.3, -0.25) is 4.31 Å². The Kier molecular flexibility index (Phi) is 6.89. The fraction of sp³-hybridized carbons (Fsp3) is 0.208. The molecule has 11 nitrogen and oxygen atoms in total. The number of halogens is 1. The molecule has 0 aliphatic carbocycles. The van der Waals surface area contributed by atoms with E-state index in [1.54, 1.807) is 38.1 Å². The van der Waals surface area contributed by atoms with Gasteiger partial charge in [0.15, 0.2) is 11.3 Å². The van der Waals surface area contributed by atoms with Gasteiger partial charge in [0, 0.05) is 12.6 Å². The Morgan fingerprint density at radius 1 is 1.16 bits per heavy atom. The highest BCUT2D eigenvalue weighted by atomic mass is 35.5. The number of fused-ring (bicyclic) bond motifs is 1. The maximum absolute atomic E-state index is 13.9. The summed E-state index contributed by atoms with van der Waals surface area (Å²) in [6, 6.07) is 10.4. The van der Waals surface area contributed by atoms with Crippen LogP contribution in [0, 0.1) is 6.92 Å². The van der Waals surface area contributed by atoms with E-state index >= 15 is 0 Å². The van der Waals surface area contributed by atoms with Gasteiger partial charge < -0.3 is 19.6 Å². The molecular formula is C24H23ClN4O7S. The van der Waals surface area contributed by atoms with Crippen LogP contribution in [0.5, 0.6) is 11.5 Å². The van der Waals surface area contributed by atoms with E-state index in [0.717, 1.165) is 8.87 Å². The predicted molar refractivity (Wildman–Crippen MR) is 138 cm³/mol. The Balaban J connectivity index is 2.01. The number of imidazole rings is 1. The number of hydrogen-bond acceptors (Lipinski definition) is 7. The summed E-state index contributed by atoms with van der Waals surface area (Å²) in [6.07, 6.45) is 0. The molecule has 0 saturated heterocycles. The number of H-pyrrole nitrogens is 1. The lowest BCUT2D eigenvalue weighted by atomic mass is 10.2. The van der Waals surface area contributed by atoms with Crippen molar-refractivity contribution in [1.29, 1.82) is 0 Å². The summed E-state index contributed by atoms with van der Waals surface area (Å²) in [5.74, 6) is -0.996. The van der Waals surface area contributed by atoms with Gasteiger partial charge in [0.05, 0.1) is 36.1 Å². The van der Waals surface area contributed by atoms with Gasteiger partial charge in [-0.25, -0.2) is 27.6 Å². The van der Waals surface area contributed by atoms with Crippen LogP contribution in [-0.2, 0) is 10.0 Å². The Bertz CT molecular complexity index is 1700. The zero-order valence-electron chi connectivity index (χ0n) is 20.3. The number of para-hydroxylation sites is 2. The number of carboxylic acid groups (broad SMARTS) is 1.